The van der Waals surface area contributed by atoms with Crippen LogP contribution in [0.1, 0.15) is 87.7 Å². The van der Waals surface area contributed by atoms with Crippen LogP contribution in [0.2, 0.25) is 10.0 Å². The third-order valence-corrected chi connectivity index (χ3v) is 16.4. The van der Waals surface area contributed by atoms with Crippen LogP contribution >= 0.6 is 23.2 Å². The van der Waals surface area contributed by atoms with E-state index >= 15 is 0 Å². The first-order valence-electron chi connectivity index (χ1n) is 28.6. The van der Waals surface area contributed by atoms with Crippen LogP contribution in [-0.2, 0) is 49.4 Å². The predicted octanol–water partition coefficient (Wildman–Crippen LogP) is 8.25. The number of aromatic nitrogens is 3. The molecule has 4 aromatic carbocycles. The number of nitrogens with zero attached hydrogens (tertiary/aromatic N) is 5. The van der Waals surface area contributed by atoms with Gasteiger partial charge in [-0.05, 0) is 89.4 Å². The standard InChI is InChI=1S/C63H68Cl2N8O14/c1-61(2)33-81-20-19-72(61)59(78)53-45-31-82-49-26-48(80-8)43(25-44(49)54(45)73(70-53)38-23-35(64)22-36(65)24-38)34-21-37(28-66-27-34)69-52(76)30-68-58(77)46(71(7)60(79)84-55-41-15-11-9-13-39(41)40-14-10-12-16-42(40)55)17-18-51(75)67-29-47(74)56-57(87-63(5,6)86-56)50-32-83-62(3,4)85-50/h9-16,21-28,46-47,50,55-57,74H,17-20,29-33H2,1-8H3,(H,67,75)(H,68,77)(H,69,76)/t46-,47-,50+,56+,57?/m0/s1. The number of methoxy groups -OCH3 is 1. The lowest BCUT2D eigenvalue weighted by Gasteiger charge is -2.41. The summed E-state index contributed by atoms with van der Waals surface area (Å²) in [7, 11) is 2.90. The summed E-state index contributed by atoms with van der Waals surface area (Å²) in [6.45, 7) is 11.4. The van der Waals surface area contributed by atoms with Gasteiger partial charge < -0.3 is 63.9 Å². The molecule has 6 heterocycles. The van der Waals surface area contributed by atoms with Crippen LogP contribution in [-0.4, -0.2) is 161 Å². The summed E-state index contributed by atoms with van der Waals surface area (Å²) in [5.41, 5.74) is 6.38. The van der Waals surface area contributed by atoms with Gasteiger partial charge in [0.25, 0.3) is 5.91 Å². The summed E-state index contributed by atoms with van der Waals surface area (Å²) < 4.78 is 49.8. The monoisotopic (exact) mass is 1230 g/mol. The first-order valence-corrected chi connectivity index (χ1v) is 29.3. The van der Waals surface area contributed by atoms with E-state index in [2.05, 4.69) is 20.9 Å². The number of hydrogen-bond acceptors (Lipinski definition) is 16. The third-order valence-electron chi connectivity index (χ3n) is 16.0. The minimum Gasteiger partial charge on any atom is -0.496 e. The number of likely N-dealkylation sites (N-methyl/N-ethyl adjacent to an activating group) is 1. The first-order chi connectivity index (χ1) is 41.5. The largest absolute Gasteiger partial charge is 0.496 e. The number of fused-ring (bicyclic) bond motifs is 6. The Kier molecular flexibility index (Phi) is 17.2. The molecule has 0 saturated carbocycles. The molecule has 4 N–H and O–H groups in total. The van der Waals surface area contributed by atoms with Gasteiger partial charge in [0, 0.05) is 82.2 Å². The van der Waals surface area contributed by atoms with Crippen LogP contribution in [0.25, 0.3) is 39.2 Å². The Labute approximate surface area is 512 Å². The maximum atomic E-state index is 14.5. The van der Waals surface area contributed by atoms with E-state index in [1.165, 1.54) is 20.4 Å². The fourth-order valence-corrected chi connectivity index (χ4v) is 12.3. The third kappa shape index (κ3) is 12.7. The van der Waals surface area contributed by atoms with Crippen molar-refractivity contribution in [3.05, 3.63) is 130 Å². The highest BCUT2D eigenvalue weighted by molar-refractivity contribution is 6.35. The summed E-state index contributed by atoms with van der Waals surface area (Å²) in [5, 5.41) is 25.2. The summed E-state index contributed by atoms with van der Waals surface area (Å²) in [5.74, 6) is -3.31. The molecule has 3 fully saturated rings. The van der Waals surface area contributed by atoms with E-state index in [0.29, 0.717) is 74.9 Å². The van der Waals surface area contributed by atoms with Crippen LogP contribution in [0.3, 0.4) is 0 Å². The minimum atomic E-state index is -1.33. The maximum Gasteiger partial charge on any atom is 0.411 e. The fraction of sp³-hybridized carbons (Fsp3) is 0.413. The quantitative estimate of drug-likeness (QED) is 0.0671. The van der Waals surface area contributed by atoms with Gasteiger partial charge in [0.2, 0.25) is 17.7 Å². The van der Waals surface area contributed by atoms with Gasteiger partial charge in [-0.25, -0.2) is 9.48 Å². The Morgan fingerprint density at radius 2 is 1.55 bits per heavy atom. The molecule has 0 bridgehead atoms. The zero-order valence-electron chi connectivity index (χ0n) is 49.3. The number of amides is 5. The van der Waals surface area contributed by atoms with Crippen molar-refractivity contribution in [3.63, 3.8) is 0 Å². The van der Waals surface area contributed by atoms with Crippen LogP contribution in [0.5, 0.6) is 11.5 Å². The second kappa shape index (κ2) is 24.5. The van der Waals surface area contributed by atoms with Crippen molar-refractivity contribution in [1.82, 2.24) is 35.2 Å². The number of anilines is 1. The number of ether oxygens (including phenoxy) is 8. The zero-order chi connectivity index (χ0) is 61.7. The van der Waals surface area contributed by atoms with Gasteiger partial charge in [0.15, 0.2) is 23.4 Å². The number of halogens is 2. The highest BCUT2D eigenvalue weighted by Gasteiger charge is 2.52. The molecule has 5 amide bonds. The van der Waals surface area contributed by atoms with Crippen LogP contribution in [0, 0.1) is 0 Å². The molecule has 0 radical (unpaired) electrons. The van der Waals surface area contributed by atoms with Gasteiger partial charge in [-0.15, -0.1) is 0 Å². The molecule has 24 heteroatoms. The van der Waals surface area contributed by atoms with E-state index in [9.17, 15) is 29.1 Å². The average molecular weight is 1230 g/mol. The van der Waals surface area contributed by atoms with Crippen molar-refractivity contribution in [2.45, 2.75) is 115 Å². The number of aliphatic hydroxyl groups excluding tert-OH is 1. The van der Waals surface area contributed by atoms with E-state index in [1.807, 2.05) is 68.4 Å². The molecule has 5 atom stereocenters. The molecule has 87 heavy (non-hydrogen) atoms. The highest BCUT2D eigenvalue weighted by atomic mass is 35.5. The van der Waals surface area contributed by atoms with Crippen molar-refractivity contribution in [2.75, 3.05) is 58.9 Å². The van der Waals surface area contributed by atoms with Crippen LogP contribution in [0.15, 0.2) is 97.3 Å². The van der Waals surface area contributed by atoms with Gasteiger partial charge >= 0.3 is 6.09 Å². The normalized spacial score (nSPS) is 20.2. The van der Waals surface area contributed by atoms with E-state index in [-0.39, 0.29) is 49.9 Å². The smallest absolute Gasteiger partial charge is 0.411 e. The van der Waals surface area contributed by atoms with E-state index in [4.69, 9.17) is 66.2 Å². The Hall–Kier alpha value is -7.67. The minimum absolute atomic E-state index is 0.00973. The molecular formula is C63H68Cl2N8O14. The van der Waals surface area contributed by atoms with Gasteiger partial charge in [-0.3, -0.25) is 29.1 Å². The van der Waals surface area contributed by atoms with Crippen molar-refractivity contribution in [1.29, 1.82) is 0 Å². The SMILES string of the molecule is COc1cc2c(cc1-c1cncc(NC(=O)CNC(=O)[C@H](CCC(=O)NC[C@H](O)[C@H]3OC(C)(C)OC3[C@H]3COC(C)(C)O3)N(C)C(=O)OC3c4ccccc4-c4ccccc43)c1)-c1c(c(C(=O)N3CCOCC3(C)C)nn1-c1cc(Cl)cc(Cl)c1)CO2. The maximum absolute atomic E-state index is 14.5. The number of carbonyl (C=O) groups is 5. The molecule has 11 rings (SSSR count). The van der Waals surface area contributed by atoms with Crippen molar-refractivity contribution < 1.29 is 67.0 Å². The number of pyridine rings is 1. The lowest BCUT2D eigenvalue weighted by Crippen LogP contribution is -2.55. The zero-order valence-corrected chi connectivity index (χ0v) is 50.8. The van der Waals surface area contributed by atoms with Crippen molar-refractivity contribution in [2.24, 2.45) is 0 Å². The number of morpholine rings is 1. The van der Waals surface area contributed by atoms with Gasteiger partial charge in [0.1, 0.15) is 48.6 Å². The highest BCUT2D eigenvalue weighted by Crippen LogP contribution is 2.48. The number of nitrogens with one attached hydrogen (secondary N) is 3. The summed E-state index contributed by atoms with van der Waals surface area (Å²) in [6, 6.07) is 24.0. The average Bonchev–Trinajstić information content (AvgIpc) is 1.97. The molecule has 0 spiro atoms. The second-order valence-corrected chi connectivity index (χ2v) is 24.4. The summed E-state index contributed by atoms with van der Waals surface area (Å²) >= 11 is 13.1. The molecule has 2 aromatic heterocycles. The van der Waals surface area contributed by atoms with Gasteiger partial charge in [0.05, 0.1) is 62.3 Å². The Bertz CT molecular complexity index is 3600. The Balaban J connectivity index is 0.806. The lowest BCUT2D eigenvalue weighted by molar-refractivity contribution is -0.175. The van der Waals surface area contributed by atoms with Crippen molar-refractivity contribution in [3.8, 4) is 50.7 Å². The van der Waals surface area contributed by atoms with E-state index < -0.39 is 84.0 Å². The number of carbonyl (C=O) groups excluding carboxylic acids is 5. The fourth-order valence-electron chi connectivity index (χ4n) is 11.8. The molecule has 5 aliphatic rings. The predicted molar refractivity (Wildman–Crippen MR) is 319 cm³/mol. The molecule has 6 aromatic rings. The van der Waals surface area contributed by atoms with Gasteiger partial charge in [-0.2, -0.15) is 5.10 Å². The van der Waals surface area contributed by atoms with Crippen LogP contribution < -0.4 is 25.4 Å². The number of rotatable bonds is 17. The van der Waals surface area contributed by atoms with Crippen molar-refractivity contribution >= 4 is 58.6 Å². The number of hydrogen-bond donors (Lipinski definition) is 4. The number of benzene rings is 4. The summed E-state index contributed by atoms with van der Waals surface area (Å²) in [6.07, 6.45) is -2.49. The summed E-state index contributed by atoms with van der Waals surface area (Å²) in [4.78, 5) is 77.9. The molecule has 1 unspecified atom stereocenters. The van der Waals surface area contributed by atoms with E-state index in [1.54, 1.807) is 73.8 Å². The lowest BCUT2D eigenvalue weighted by atomic mass is 9.95. The molecule has 458 valence electrons. The molecular weight excluding hydrogens is 1160 g/mol. The molecule has 1 aliphatic carbocycles. The second-order valence-electron chi connectivity index (χ2n) is 23.5. The van der Waals surface area contributed by atoms with E-state index in [0.717, 1.165) is 27.2 Å². The van der Waals surface area contributed by atoms with Gasteiger partial charge in [-0.1, -0.05) is 71.7 Å². The Morgan fingerprint density at radius 3 is 2.23 bits per heavy atom. The number of aliphatic hydroxyl groups is 1. The molecule has 22 nitrogen and oxygen atoms in total. The topological polar surface area (TPSA) is 253 Å². The molecule has 4 aliphatic heterocycles. The van der Waals surface area contributed by atoms with Crippen LogP contribution in [0.4, 0.5) is 10.5 Å². The first kappa shape index (κ1) is 61.0. The molecule has 3 saturated heterocycles. The Morgan fingerprint density at radius 1 is 0.839 bits per heavy atom.